The lowest BCUT2D eigenvalue weighted by Gasteiger charge is -2.16. The van der Waals surface area contributed by atoms with Crippen molar-refractivity contribution in [1.29, 1.82) is 0 Å². The second-order valence-electron chi connectivity index (χ2n) is 8.49. The number of aryl methyl sites for hydroxylation is 1. The summed E-state index contributed by atoms with van der Waals surface area (Å²) in [6, 6.07) is 5.84. The van der Waals surface area contributed by atoms with E-state index < -0.39 is 17.6 Å². The van der Waals surface area contributed by atoms with Gasteiger partial charge in [-0.25, -0.2) is 14.4 Å². The van der Waals surface area contributed by atoms with E-state index in [1.54, 1.807) is 19.1 Å². The van der Waals surface area contributed by atoms with Crippen LogP contribution in [0.15, 0.2) is 30.3 Å². The summed E-state index contributed by atoms with van der Waals surface area (Å²) in [4.78, 5) is 8.80. The van der Waals surface area contributed by atoms with Crippen molar-refractivity contribution >= 4 is 16.7 Å². The first-order valence-corrected chi connectivity index (χ1v) is 10.8. The van der Waals surface area contributed by atoms with Crippen molar-refractivity contribution in [3.05, 3.63) is 53.1 Å². The summed E-state index contributed by atoms with van der Waals surface area (Å²) in [5.74, 6) is 0.814. The molecular weight excluding hydrogens is 454 g/mol. The summed E-state index contributed by atoms with van der Waals surface area (Å²) < 4.78 is 70.0. The molecule has 0 saturated heterocycles. The lowest BCUT2D eigenvalue weighted by atomic mass is 10.1. The van der Waals surface area contributed by atoms with E-state index in [2.05, 4.69) is 22.2 Å². The Morgan fingerprint density at radius 1 is 1.03 bits per heavy atom. The first-order valence-electron chi connectivity index (χ1n) is 10.8. The molecule has 6 nitrogen and oxygen atoms in total. The monoisotopic (exact) mass is 479 g/mol. The number of rotatable bonds is 9. The minimum absolute atomic E-state index is 0.0534. The summed E-state index contributed by atoms with van der Waals surface area (Å²) in [6.45, 7) is 4.42. The molecule has 1 aromatic heterocycles. The van der Waals surface area contributed by atoms with Gasteiger partial charge in [-0.3, -0.25) is 0 Å². The minimum atomic E-state index is -4.64. The Hall–Kier alpha value is -3.14. The van der Waals surface area contributed by atoms with E-state index in [9.17, 15) is 17.6 Å². The van der Waals surface area contributed by atoms with E-state index >= 15 is 0 Å². The van der Waals surface area contributed by atoms with Crippen molar-refractivity contribution < 1.29 is 31.8 Å². The number of benzene rings is 2. The molecule has 1 N–H and O–H groups in total. The SMILES string of the molecule is COc1cc2nc(C)nc(NCc3cc(F)cc(C(F)(F)F)c3)c2cc1OCCOC1(C)CC1. The molecule has 4 rings (SSSR count). The Morgan fingerprint density at radius 2 is 1.79 bits per heavy atom. The van der Waals surface area contributed by atoms with Gasteiger partial charge < -0.3 is 19.5 Å². The average molecular weight is 479 g/mol. The maximum Gasteiger partial charge on any atom is 0.416 e. The van der Waals surface area contributed by atoms with Crippen LogP contribution >= 0.6 is 0 Å². The van der Waals surface area contributed by atoms with Gasteiger partial charge >= 0.3 is 6.18 Å². The standard InChI is InChI=1S/C24H25F4N3O3/c1-14-30-19-12-20(32-3)21(33-6-7-34-23(2)4-5-23)11-18(19)22(31-14)29-13-15-8-16(24(26,27)28)10-17(25)9-15/h8-12H,4-7,13H2,1-3H3,(H,29,30,31). The van der Waals surface area contributed by atoms with Gasteiger partial charge in [-0.1, -0.05) is 0 Å². The normalized spacial score (nSPS) is 14.8. The number of hydrogen-bond acceptors (Lipinski definition) is 6. The van der Waals surface area contributed by atoms with Crippen LogP contribution in [0.5, 0.6) is 11.5 Å². The van der Waals surface area contributed by atoms with Crippen molar-refractivity contribution in [2.75, 3.05) is 25.6 Å². The highest BCUT2D eigenvalue weighted by molar-refractivity contribution is 5.91. The number of aromatic nitrogens is 2. The Morgan fingerprint density at radius 3 is 2.47 bits per heavy atom. The molecule has 1 aliphatic rings. The number of alkyl halides is 3. The summed E-state index contributed by atoms with van der Waals surface area (Å²) in [5.41, 5.74) is -0.401. The lowest BCUT2D eigenvalue weighted by Crippen LogP contribution is -2.15. The van der Waals surface area contributed by atoms with Crippen LogP contribution in [0.3, 0.4) is 0 Å². The van der Waals surface area contributed by atoms with Gasteiger partial charge in [0.1, 0.15) is 24.1 Å². The molecule has 0 atom stereocenters. The van der Waals surface area contributed by atoms with Crippen molar-refractivity contribution in [2.45, 2.75) is 45.0 Å². The Balaban J connectivity index is 1.57. The summed E-state index contributed by atoms with van der Waals surface area (Å²) in [5, 5.41) is 3.59. The van der Waals surface area contributed by atoms with Crippen molar-refractivity contribution in [1.82, 2.24) is 9.97 Å². The summed E-state index contributed by atoms with van der Waals surface area (Å²) >= 11 is 0. The highest BCUT2D eigenvalue weighted by Gasteiger charge is 2.38. The molecule has 1 saturated carbocycles. The van der Waals surface area contributed by atoms with Gasteiger partial charge in [0.25, 0.3) is 0 Å². The van der Waals surface area contributed by atoms with Gasteiger partial charge in [0.15, 0.2) is 11.5 Å². The maximum atomic E-state index is 13.8. The molecule has 0 unspecified atom stereocenters. The largest absolute Gasteiger partial charge is 0.493 e. The van der Waals surface area contributed by atoms with Crippen molar-refractivity contribution in [2.24, 2.45) is 0 Å². The zero-order valence-electron chi connectivity index (χ0n) is 19.1. The van der Waals surface area contributed by atoms with Crippen LogP contribution in [-0.2, 0) is 17.5 Å². The van der Waals surface area contributed by atoms with Crippen LogP contribution in [0.2, 0.25) is 0 Å². The summed E-state index contributed by atoms with van der Waals surface area (Å²) in [6.07, 6.45) is -2.57. The van der Waals surface area contributed by atoms with Crippen LogP contribution in [0.4, 0.5) is 23.4 Å². The third-order valence-electron chi connectivity index (χ3n) is 5.58. The van der Waals surface area contributed by atoms with Gasteiger partial charge in [0.2, 0.25) is 0 Å². The topological polar surface area (TPSA) is 65.5 Å². The smallest absolute Gasteiger partial charge is 0.416 e. The quantitative estimate of drug-likeness (QED) is 0.315. The second-order valence-corrected chi connectivity index (χ2v) is 8.49. The first kappa shape index (κ1) is 24.0. The van der Waals surface area contributed by atoms with Gasteiger partial charge in [0, 0.05) is 18.0 Å². The van der Waals surface area contributed by atoms with Crippen LogP contribution in [-0.4, -0.2) is 35.9 Å². The molecule has 2 aromatic carbocycles. The highest BCUT2D eigenvalue weighted by atomic mass is 19.4. The Labute approximate surface area is 194 Å². The van der Waals surface area contributed by atoms with Gasteiger partial charge in [-0.2, -0.15) is 13.2 Å². The van der Waals surface area contributed by atoms with Crippen LogP contribution in [0.1, 0.15) is 36.7 Å². The van der Waals surface area contributed by atoms with E-state index in [0.717, 1.165) is 25.0 Å². The fraction of sp³-hybridized carbons (Fsp3) is 0.417. The number of methoxy groups -OCH3 is 1. The van der Waals surface area contributed by atoms with Crippen LogP contribution < -0.4 is 14.8 Å². The van der Waals surface area contributed by atoms with Crippen molar-refractivity contribution in [3.63, 3.8) is 0 Å². The molecule has 0 aliphatic heterocycles. The number of ether oxygens (including phenoxy) is 3. The van der Waals surface area contributed by atoms with Crippen molar-refractivity contribution in [3.8, 4) is 11.5 Å². The molecule has 0 radical (unpaired) electrons. The molecular formula is C24H25F4N3O3. The fourth-order valence-electron chi connectivity index (χ4n) is 3.52. The number of anilines is 1. The van der Waals surface area contributed by atoms with E-state index in [-0.39, 0.29) is 17.7 Å². The van der Waals surface area contributed by atoms with Crippen LogP contribution in [0, 0.1) is 12.7 Å². The number of hydrogen-bond donors (Lipinski definition) is 1. The fourth-order valence-corrected chi connectivity index (χ4v) is 3.52. The maximum absolute atomic E-state index is 13.8. The minimum Gasteiger partial charge on any atom is -0.493 e. The van der Waals surface area contributed by atoms with Crippen LogP contribution in [0.25, 0.3) is 10.9 Å². The zero-order chi connectivity index (χ0) is 24.5. The predicted molar refractivity (Wildman–Crippen MR) is 119 cm³/mol. The molecule has 1 heterocycles. The molecule has 1 aliphatic carbocycles. The molecule has 10 heteroatoms. The number of fused-ring (bicyclic) bond motifs is 1. The Kier molecular flexibility index (Phi) is 6.53. The van der Waals surface area contributed by atoms with E-state index in [1.165, 1.54) is 7.11 Å². The van der Waals surface area contributed by atoms with E-state index in [0.29, 0.717) is 53.3 Å². The second kappa shape index (κ2) is 9.25. The molecule has 0 amide bonds. The third-order valence-corrected chi connectivity index (χ3v) is 5.58. The third kappa shape index (κ3) is 5.67. The lowest BCUT2D eigenvalue weighted by molar-refractivity contribution is -0.137. The molecule has 182 valence electrons. The van der Waals surface area contributed by atoms with Gasteiger partial charge in [-0.05, 0) is 56.5 Å². The summed E-state index contributed by atoms with van der Waals surface area (Å²) in [7, 11) is 1.52. The van der Waals surface area contributed by atoms with E-state index in [4.69, 9.17) is 14.2 Å². The van der Waals surface area contributed by atoms with Gasteiger partial charge in [0.05, 0.1) is 30.4 Å². The van der Waals surface area contributed by atoms with Gasteiger partial charge in [-0.15, -0.1) is 0 Å². The highest BCUT2D eigenvalue weighted by Crippen LogP contribution is 2.39. The molecule has 0 bridgehead atoms. The van der Waals surface area contributed by atoms with E-state index in [1.807, 2.05) is 0 Å². The first-order chi connectivity index (χ1) is 16.1. The average Bonchev–Trinajstić information content (AvgIpc) is 3.50. The molecule has 1 fully saturated rings. The number of halogens is 4. The number of nitrogens with zero attached hydrogens (tertiary/aromatic N) is 2. The Bertz CT molecular complexity index is 1200. The molecule has 0 spiro atoms. The zero-order valence-corrected chi connectivity index (χ0v) is 19.1. The molecule has 34 heavy (non-hydrogen) atoms. The predicted octanol–water partition coefficient (Wildman–Crippen LogP) is 5.66. The molecule has 3 aromatic rings. The number of nitrogens with one attached hydrogen (secondary N) is 1.